The van der Waals surface area contributed by atoms with Gasteiger partial charge in [0.25, 0.3) is 0 Å². The fourth-order valence-electron chi connectivity index (χ4n) is 1.86. The highest BCUT2D eigenvalue weighted by atomic mass is 16.5. The third-order valence-electron chi connectivity index (χ3n) is 3.09. The number of carbonyl (C=O) groups is 1. The zero-order valence-electron chi connectivity index (χ0n) is 11.0. The van der Waals surface area contributed by atoms with Crippen LogP contribution in [0.3, 0.4) is 0 Å². The summed E-state index contributed by atoms with van der Waals surface area (Å²) in [6.07, 6.45) is 4.51. The fourth-order valence-corrected chi connectivity index (χ4v) is 1.86. The van der Waals surface area contributed by atoms with Crippen LogP contribution in [0.2, 0.25) is 0 Å². The summed E-state index contributed by atoms with van der Waals surface area (Å²) >= 11 is 0. The predicted octanol–water partition coefficient (Wildman–Crippen LogP) is 1.07. The molecular weight excluding hydrogens is 216 g/mol. The molecule has 3 N–H and O–H groups in total. The van der Waals surface area contributed by atoms with E-state index in [0.717, 1.165) is 0 Å². The number of amides is 1. The first-order valence-electron chi connectivity index (χ1n) is 6.36. The Hall–Kier alpha value is -0.870. The fraction of sp³-hybridized carbons (Fsp3) is 0.769. The summed E-state index contributed by atoms with van der Waals surface area (Å²) in [6, 6.07) is 0.0998. The molecule has 0 fully saturated rings. The van der Waals surface area contributed by atoms with Crippen molar-refractivity contribution in [3.63, 3.8) is 0 Å². The SMILES string of the molecule is CCOCC(NC(=O)C1C=CC(N)C1)C(C)C. The normalized spacial score (nSPS) is 25.2. The van der Waals surface area contributed by atoms with Gasteiger partial charge in [-0.15, -0.1) is 0 Å². The average molecular weight is 240 g/mol. The lowest BCUT2D eigenvalue weighted by Gasteiger charge is -2.23. The van der Waals surface area contributed by atoms with Crippen molar-refractivity contribution >= 4 is 5.91 Å². The Bertz CT molecular complexity index is 277. The van der Waals surface area contributed by atoms with Crippen LogP contribution in [0.5, 0.6) is 0 Å². The smallest absolute Gasteiger partial charge is 0.227 e. The van der Waals surface area contributed by atoms with Crippen LogP contribution in [-0.2, 0) is 9.53 Å². The first-order valence-corrected chi connectivity index (χ1v) is 6.36. The van der Waals surface area contributed by atoms with E-state index in [1.807, 2.05) is 19.1 Å². The van der Waals surface area contributed by atoms with Crippen molar-refractivity contribution in [1.82, 2.24) is 5.32 Å². The molecule has 0 radical (unpaired) electrons. The summed E-state index contributed by atoms with van der Waals surface area (Å²) < 4.78 is 5.38. The van der Waals surface area contributed by atoms with Crippen molar-refractivity contribution in [2.24, 2.45) is 17.6 Å². The Morgan fingerprint density at radius 1 is 1.53 bits per heavy atom. The second kappa shape index (κ2) is 6.77. The highest BCUT2D eigenvalue weighted by Crippen LogP contribution is 2.17. The Morgan fingerprint density at radius 2 is 2.24 bits per heavy atom. The van der Waals surface area contributed by atoms with Gasteiger partial charge in [0.2, 0.25) is 5.91 Å². The number of rotatable bonds is 6. The second-order valence-electron chi connectivity index (χ2n) is 4.91. The zero-order chi connectivity index (χ0) is 12.8. The molecule has 1 aliphatic rings. The van der Waals surface area contributed by atoms with E-state index in [9.17, 15) is 4.79 Å². The number of ether oxygens (including phenoxy) is 1. The van der Waals surface area contributed by atoms with E-state index < -0.39 is 0 Å². The van der Waals surface area contributed by atoms with E-state index >= 15 is 0 Å². The molecule has 0 aromatic rings. The maximum absolute atomic E-state index is 12.0. The van der Waals surface area contributed by atoms with E-state index in [-0.39, 0.29) is 23.9 Å². The van der Waals surface area contributed by atoms with Gasteiger partial charge in [-0.25, -0.2) is 0 Å². The number of hydrogen-bond acceptors (Lipinski definition) is 3. The molecule has 0 aromatic heterocycles. The Balaban J connectivity index is 2.43. The molecule has 1 amide bonds. The van der Waals surface area contributed by atoms with Crippen LogP contribution in [0.4, 0.5) is 0 Å². The van der Waals surface area contributed by atoms with Gasteiger partial charge in [0.15, 0.2) is 0 Å². The van der Waals surface area contributed by atoms with Crippen molar-refractivity contribution in [1.29, 1.82) is 0 Å². The summed E-state index contributed by atoms with van der Waals surface area (Å²) in [5.74, 6) is 0.352. The summed E-state index contributed by atoms with van der Waals surface area (Å²) in [5, 5.41) is 3.04. The number of carbonyl (C=O) groups excluding carboxylic acids is 1. The predicted molar refractivity (Wildman–Crippen MR) is 68.5 cm³/mol. The molecule has 0 heterocycles. The van der Waals surface area contributed by atoms with Gasteiger partial charge in [-0.2, -0.15) is 0 Å². The lowest BCUT2D eigenvalue weighted by Crippen LogP contribution is -2.44. The molecule has 0 aliphatic heterocycles. The minimum Gasteiger partial charge on any atom is -0.380 e. The molecule has 1 rings (SSSR count). The summed E-state index contributed by atoms with van der Waals surface area (Å²) in [5.41, 5.74) is 5.74. The third kappa shape index (κ3) is 4.48. The molecule has 4 heteroatoms. The lowest BCUT2D eigenvalue weighted by molar-refractivity contribution is -0.125. The number of hydrogen-bond donors (Lipinski definition) is 2. The molecule has 3 atom stereocenters. The van der Waals surface area contributed by atoms with Crippen LogP contribution < -0.4 is 11.1 Å². The third-order valence-corrected chi connectivity index (χ3v) is 3.09. The maximum Gasteiger partial charge on any atom is 0.227 e. The van der Waals surface area contributed by atoms with Gasteiger partial charge in [0, 0.05) is 12.6 Å². The quantitative estimate of drug-likeness (QED) is 0.683. The van der Waals surface area contributed by atoms with Crippen LogP contribution in [0.15, 0.2) is 12.2 Å². The van der Waals surface area contributed by atoms with Crippen LogP contribution in [-0.4, -0.2) is 31.2 Å². The molecule has 3 unspecified atom stereocenters. The molecule has 0 saturated heterocycles. The molecular formula is C13H24N2O2. The monoisotopic (exact) mass is 240 g/mol. The minimum atomic E-state index is -0.0760. The topological polar surface area (TPSA) is 64.3 Å². The first kappa shape index (κ1) is 14.2. The van der Waals surface area contributed by atoms with Gasteiger partial charge < -0.3 is 15.8 Å². The number of nitrogens with two attached hydrogens (primary N) is 1. The van der Waals surface area contributed by atoms with Crippen molar-refractivity contribution < 1.29 is 9.53 Å². The van der Waals surface area contributed by atoms with Gasteiger partial charge in [0.1, 0.15) is 0 Å². The van der Waals surface area contributed by atoms with Crippen LogP contribution in [0, 0.1) is 11.8 Å². The summed E-state index contributed by atoms with van der Waals surface area (Å²) in [6.45, 7) is 7.37. The molecule has 17 heavy (non-hydrogen) atoms. The minimum absolute atomic E-state index is 0.0233. The largest absolute Gasteiger partial charge is 0.380 e. The average Bonchev–Trinajstić information content (AvgIpc) is 2.70. The molecule has 0 spiro atoms. The van der Waals surface area contributed by atoms with Gasteiger partial charge >= 0.3 is 0 Å². The standard InChI is InChI=1S/C13H24N2O2/c1-4-17-8-12(9(2)3)15-13(16)10-5-6-11(14)7-10/h5-6,9-12H,4,7-8,14H2,1-3H3,(H,15,16). The molecule has 0 bridgehead atoms. The summed E-state index contributed by atoms with van der Waals surface area (Å²) in [7, 11) is 0. The second-order valence-corrected chi connectivity index (χ2v) is 4.91. The van der Waals surface area contributed by atoms with Crippen LogP contribution in [0.1, 0.15) is 27.2 Å². The van der Waals surface area contributed by atoms with Crippen LogP contribution in [0.25, 0.3) is 0 Å². The molecule has 0 saturated carbocycles. The maximum atomic E-state index is 12.0. The summed E-state index contributed by atoms with van der Waals surface area (Å²) in [4.78, 5) is 12.0. The Labute approximate surface area is 104 Å². The van der Waals surface area contributed by atoms with E-state index in [2.05, 4.69) is 19.2 Å². The highest BCUT2D eigenvalue weighted by molar-refractivity contribution is 5.81. The van der Waals surface area contributed by atoms with E-state index in [4.69, 9.17) is 10.5 Å². The Kier molecular flexibility index (Phi) is 5.65. The van der Waals surface area contributed by atoms with Gasteiger partial charge in [-0.1, -0.05) is 26.0 Å². The van der Waals surface area contributed by atoms with E-state index in [1.54, 1.807) is 0 Å². The van der Waals surface area contributed by atoms with Gasteiger partial charge in [-0.3, -0.25) is 4.79 Å². The van der Waals surface area contributed by atoms with Crippen molar-refractivity contribution in [3.05, 3.63) is 12.2 Å². The van der Waals surface area contributed by atoms with Crippen molar-refractivity contribution in [3.8, 4) is 0 Å². The van der Waals surface area contributed by atoms with Gasteiger partial charge in [0.05, 0.1) is 18.6 Å². The molecule has 1 aliphatic carbocycles. The van der Waals surface area contributed by atoms with E-state index in [1.165, 1.54) is 0 Å². The van der Waals surface area contributed by atoms with Gasteiger partial charge in [-0.05, 0) is 19.3 Å². The first-order chi connectivity index (χ1) is 8.04. The lowest BCUT2D eigenvalue weighted by atomic mass is 10.0. The van der Waals surface area contributed by atoms with Crippen molar-refractivity contribution in [2.45, 2.75) is 39.3 Å². The Morgan fingerprint density at radius 3 is 2.71 bits per heavy atom. The zero-order valence-corrected chi connectivity index (χ0v) is 11.0. The number of nitrogens with one attached hydrogen (secondary N) is 1. The highest BCUT2D eigenvalue weighted by Gasteiger charge is 2.25. The van der Waals surface area contributed by atoms with Crippen LogP contribution >= 0.6 is 0 Å². The molecule has 0 aromatic carbocycles. The molecule has 4 nitrogen and oxygen atoms in total. The van der Waals surface area contributed by atoms with E-state index in [0.29, 0.717) is 25.6 Å². The molecule has 98 valence electrons. The van der Waals surface area contributed by atoms with Crippen molar-refractivity contribution in [2.75, 3.05) is 13.2 Å².